The summed E-state index contributed by atoms with van der Waals surface area (Å²) in [6, 6.07) is 15.1. The van der Waals surface area contributed by atoms with Crippen molar-refractivity contribution >= 4 is 18.0 Å². The Bertz CT molecular complexity index is 1010. The number of aliphatic carboxylic acids is 1. The van der Waals surface area contributed by atoms with Gasteiger partial charge in [-0.25, -0.2) is 9.59 Å². The lowest BCUT2D eigenvalue weighted by molar-refractivity contribution is -0.144. The molecule has 0 radical (unpaired) electrons. The number of nitrogens with one attached hydrogen (secondary N) is 2. The molecule has 0 bridgehead atoms. The number of amides is 2. The van der Waals surface area contributed by atoms with Gasteiger partial charge in [-0.1, -0.05) is 61.4 Å². The van der Waals surface area contributed by atoms with E-state index >= 15 is 0 Å². The maximum atomic E-state index is 12.7. The maximum Gasteiger partial charge on any atom is 0.407 e. The highest BCUT2D eigenvalue weighted by Gasteiger charge is 2.32. The second kappa shape index (κ2) is 10.7. The average molecular weight is 467 g/mol. The first-order valence-electron chi connectivity index (χ1n) is 11.6. The summed E-state index contributed by atoms with van der Waals surface area (Å²) in [4.78, 5) is 36.6. The van der Waals surface area contributed by atoms with E-state index < -0.39 is 29.9 Å². The van der Waals surface area contributed by atoms with E-state index in [9.17, 15) is 19.5 Å². The first-order valence-corrected chi connectivity index (χ1v) is 11.6. The SMILES string of the molecule is COCC(NC(=O)C(CNC(=O)OCC1c2ccccc2-c2ccccc21)CC1CC1)C(=O)O. The molecule has 2 aliphatic rings. The number of rotatable bonds is 11. The minimum absolute atomic E-state index is 0.0471. The lowest BCUT2D eigenvalue weighted by Gasteiger charge is -2.21. The Balaban J connectivity index is 1.34. The molecule has 2 amide bonds. The average Bonchev–Trinajstić information content (AvgIpc) is 3.60. The zero-order chi connectivity index (χ0) is 24.1. The number of carbonyl (C=O) groups is 3. The number of methoxy groups -OCH3 is 1. The Morgan fingerprint density at radius 2 is 1.65 bits per heavy atom. The first-order chi connectivity index (χ1) is 16.5. The van der Waals surface area contributed by atoms with Gasteiger partial charge >= 0.3 is 12.1 Å². The van der Waals surface area contributed by atoms with Crippen LogP contribution in [-0.2, 0) is 19.1 Å². The predicted molar refractivity (Wildman–Crippen MR) is 125 cm³/mol. The van der Waals surface area contributed by atoms with Gasteiger partial charge in [0.2, 0.25) is 5.91 Å². The first kappa shape index (κ1) is 23.8. The third-order valence-corrected chi connectivity index (χ3v) is 6.47. The molecule has 180 valence electrons. The van der Waals surface area contributed by atoms with Crippen molar-refractivity contribution in [2.24, 2.45) is 11.8 Å². The largest absolute Gasteiger partial charge is 0.480 e. The van der Waals surface area contributed by atoms with Gasteiger partial charge in [-0.2, -0.15) is 0 Å². The molecule has 2 aromatic carbocycles. The van der Waals surface area contributed by atoms with Crippen molar-refractivity contribution in [2.45, 2.75) is 31.2 Å². The zero-order valence-corrected chi connectivity index (χ0v) is 19.2. The van der Waals surface area contributed by atoms with Crippen LogP contribution in [0.5, 0.6) is 0 Å². The van der Waals surface area contributed by atoms with Gasteiger partial charge in [0, 0.05) is 19.6 Å². The Morgan fingerprint density at radius 3 is 2.21 bits per heavy atom. The monoisotopic (exact) mass is 466 g/mol. The molecule has 3 N–H and O–H groups in total. The molecule has 0 saturated heterocycles. The summed E-state index contributed by atoms with van der Waals surface area (Å²) in [6.45, 7) is 0.142. The number of carboxylic acid groups (broad SMARTS) is 1. The molecule has 0 aliphatic heterocycles. The Labute approximate surface area is 198 Å². The van der Waals surface area contributed by atoms with E-state index in [4.69, 9.17) is 9.47 Å². The minimum Gasteiger partial charge on any atom is -0.480 e. The van der Waals surface area contributed by atoms with Gasteiger partial charge < -0.3 is 25.2 Å². The van der Waals surface area contributed by atoms with E-state index in [1.54, 1.807) is 0 Å². The number of benzene rings is 2. The lowest BCUT2D eigenvalue weighted by Crippen LogP contribution is -2.48. The smallest absolute Gasteiger partial charge is 0.407 e. The summed E-state index contributed by atoms with van der Waals surface area (Å²) in [5.41, 5.74) is 4.55. The maximum absolute atomic E-state index is 12.7. The fraction of sp³-hybridized carbons (Fsp3) is 0.423. The molecule has 2 unspecified atom stereocenters. The fourth-order valence-electron chi connectivity index (χ4n) is 4.53. The highest BCUT2D eigenvalue weighted by molar-refractivity contribution is 5.85. The summed E-state index contributed by atoms with van der Waals surface area (Å²) in [6.07, 6.45) is 2.07. The highest BCUT2D eigenvalue weighted by atomic mass is 16.5. The lowest BCUT2D eigenvalue weighted by atomic mass is 9.98. The molecule has 34 heavy (non-hydrogen) atoms. The van der Waals surface area contributed by atoms with Crippen molar-refractivity contribution in [3.8, 4) is 11.1 Å². The summed E-state index contributed by atoms with van der Waals surface area (Å²) in [5.74, 6) is -1.73. The van der Waals surface area contributed by atoms with Crippen LogP contribution in [0.1, 0.15) is 36.3 Å². The molecule has 1 fully saturated rings. The number of carboxylic acids is 1. The van der Waals surface area contributed by atoms with Crippen molar-refractivity contribution in [3.63, 3.8) is 0 Å². The van der Waals surface area contributed by atoms with Gasteiger partial charge in [0.25, 0.3) is 0 Å². The Kier molecular flexibility index (Phi) is 7.47. The predicted octanol–water partition coefficient (Wildman–Crippen LogP) is 3.16. The molecule has 8 heteroatoms. The van der Waals surface area contributed by atoms with Crippen LogP contribution in [0.3, 0.4) is 0 Å². The van der Waals surface area contributed by atoms with Crippen LogP contribution >= 0.6 is 0 Å². The van der Waals surface area contributed by atoms with Gasteiger partial charge in [-0.3, -0.25) is 4.79 Å². The summed E-state index contributed by atoms with van der Waals surface area (Å²) >= 11 is 0. The molecule has 0 heterocycles. The number of ether oxygens (including phenoxy) is 2. The van der Waals surface area contributed by atoms with Gasteiger partial charge in [-0.05, 0) is 34.6 Å². The second-order valence-electron chi connectivity index (χ2n) is 8.94. The standard InChI is InChI=1S/C26H30N2O6/c1-33-15-23(25(30)31)28-24(29)17(12-16-10-11-16)13-27-26(32)34-14-22-20-8-4-2-6-18(20)19-7-3-5-9-21(19)22/h2-9,16-17,22-23H,10-15H2,1H3,(H,27,32)(H,28,29)(H,30,31). The molecular formula is C26H30N2O6. The zero-order valence-electron chi connectivity index (χ0n) is 19.2. The molecule has 0 aromatic heterocycles. The molecule has 4 rings (SSSR count). The van der Waals surface area contributed by atoms with E-state index in [0.29, 0.717) is 12.3 Å². The molecule has 2 aliphatic carbocycles. The Hall–Kier alpha value is -3.39. The van der Waals surface area contributed by atoms with Crippen molar-refractivity contribution in [1.82, 2.24) is 10.6 Å². The minimum atomic E-state index is -1.16. The van der Waals surface area contributed by atoms with E-state index in [1.807, 2.05) is 24.3 Å². The van der Waals surface area contributed by atoms with E-state index in [1.165, 1.54) is 7.11 Å². The van der Waals surface area contributed by atoms with Gasteiger partial charge in [0.15, 0.2) is 6.04 Å². The molecular weight excluding hydrogens is 436 g/mol. The summed E-state index contributed by atoms with van der Waals surface area (Å²) < 4.78 is 10.4. The molecule has 8 nitrogen and oxygen atoms in total. The van der Waals surface area contributed by atoms with Crippen LogP contribution in [0.25, 0.3) is 11.1 Å². The summed E-state index contributed by atoms with van der Waals surface area (Å²) in [7, 11) is 1.38. The van der Waals surface area contributed by atoms with Crippen molar-refractivity contribution in [3.05, 3.63) is 59.7 Å². The number of hydrogen-bond acceptors (Lipinski definition) is 5. The molecule has 1 saturated carbocycles. The van der Waals surface area contributed by atoms with Crippen LogP contribution in [0.2, 0.25) is 0 Å². The van der Waals surface area contributed by atoms with Crippen molar-refractivity contribution in [1.29, 1.82) is 0 Å². The molecule has 0 spiro atoms. The van der Waals surface area contributed by atoms with Crippen LogP contribution in [0.4, 0.5) is 4.79 Å². The van der Waals surface area contributed by atoms with E-state index in [0.717, 1.165) is 35.1 Å². The van der Waals surface area contributed by atoms with Crippen LogP contribution in [0, 0.1) is 11.8 Å². The second-order valence-corrected chi connectivity index (χ2v) is 8.94. The van der Waals surface area contributed by atoms with Crippen molar-refractivity contribution < 1.29 is 29.0 Å². The van der Waals surface area contributed by atoms with Crippen LogP contribution in [0.15, 0.2) is 48.5 Å². The number of carbonyl (C=O) groups excluding carboxylic acids is 2. The number of hydrogen-bond donors (Lipinski definition) is 3. The van der Waals surface area contributed by atoms with Gasteiger partial charge in [0.05, 0.1) is 12.5 Å². The number of alkyl carbamates (subject to hydrolysis) is 1. The molecule has 2 atom stereocenters. The van der Waals surface area contributed by atoms with Crippen LogP contribution in [-0.4, -0.2) is 56.0 Å². The van der Waals surface area contributed by atoms with Gasteiger partial charge in [-0.15, -0.1) is 0 Å². The van der Waals surface area contributed by atoms with Crippen LogP contribution < -0.4 is 10.6 Å². The third-order valence-electron chi connectivity index (χ3n) is 6.47. The topological polar surface area (TPSA) is 114 Å². The normalized spacial score (nSPS) is 16.1. The summed E-state index contributed by atoms with van der Waals surface area (Å²) in [5, 5.41) is 14.5. The Morgan fingerprint density at radius 1 is 1.03 bits per heavy atom. The highest BCUT2D eigenvalue weighted by Crippen LogP contribution is 2.44. The quantitative estimate of drug-likeness (QED) is 0.469. The van der Waals surface area contributed by atoms with E-state index in [2.05, 4.69) is 34.9 Å². The van der Waals surface area contributed by atoms with E-state index in [-0.39, 0.29) is 25.7 Å². The number of fused-ring (bicyclic) bond motifs is 3. The fourth-order valence-corrected chi connectivity index (χ4v) is 4.53. The molecule has 2 aromatic rings. The third kappa shape index (κ3) is 5.56. The van der Waals surface area contributed by atoms with Gasteiger partial charge in [0.1, 0.15) is 6.61 Å². The van der Waals surface area contributed by atoms with Crippen molar-refractivity contribution in [2.75, 3.05) is 26.9 Å².